The van der Waals surface area contributed by atoms with Crippen LogP contribution in [0, 0.1) is 0 Å². The van der Waals surface area contributed by atoms with Crippen LogP contribution in [0.2, 0.25) is 0 Å². The molecule has 0 unspecified atom stereocenters. The molecule has 0 fully saturated rings. The predicted octanol–water partition coefficient (Wildman–Crippen LogP) is -0.169. The van der Waals surface area contributed by atoms with E-state index in [2.05, 4.69) is 19.4 Å². The zero-order valence-corrected chi connectivity index (χ0v) is 6.06. The summed E-state index contributed by atoms with van der Waals surface area (Å²) in [7, 11) is 0. The van der Waals surface area contributed by atoms with Gasteiger partial charge in [0.2, 0.25) is 6.39 Å². The van der Waals surface area contributed by atoms with Crippen molar-refractivity contribution in [2.24, 2.45) is 0 Å². The van der Waals surface area contributed by atoms with Crippen LogP contribution in [0.5, 0.6) is 0 Å². The predicted molar refractivity (Wildman–Crippen MR) is 36.4 cm³/mol. The minimum absolute atomic E-state index is 0.106. The SMILES string of the molecule is CCOC=O.Nc1nnco1. The molecule has 1 aromatic rings. The fourth-order valence-electron chi connectivity index (χ4n) is 0.250. The fraction of sp³-hybridized carbons (Fsp3) is 0.400. The van der Waals surface area contributed by atoms with Gasteiger partial charge in [0.05, 0.1) is 6.61 Å². The summed E-state index contributed by atoms with van der Waals surface area (Å²) in [6, 6.07) is 0.106. The maximum atomic E-state index is 9.18. The fourth-order valence-corrected chi connectivity index (χ4v) is 0.250. The molecule has 0 amide bonds. The number of hydrogen-bond donors (Lipinski definition) is 1. The number of nitrogen functional groups attached to an aromatic ring is 1. The molecule has 6 nitrogen and oxygen atoms in total. The van der Waals surface area contributed by atoms with Crippen molar-refractivity contribution in [3.8, 4) is 0 Å². The highest BCUT2D eigenvalue weighted by Gasteiger charge is 1.80. The van der Waals surface area contributed by atoms with Gasteiger partial charge in [-0.1, -0.05) is 5.10 Å². The van der Waals surface area contributed by atoms with E-state index in [1.807, 2.05) is 0 Å². The highest BCUT2D eigenvalue weighted by Crippen LogP contribution is 1.85. The topological polar surface area (TPSA) is 91.2 Å². The summed E-state index contributed by atoms with van der Waals surface area (Å²) < 4.78 is 8.54. The van der Waals surface area contributed by atoms with Crippen molar-refractivity contribution in [1.82, 2.24) is 10.2 Å². The monoisotopic (exact) mass is 159 g/mol. The normalized spacial score (nSPS) is 7.73. The molecule has 2 N–H and O–H groups in total. The van der Waals surface area contributed by atoms with Crippen molar-refractivity contribution in [2.75, 3.05) is 12.3 Å². The van der Waals surface area contributed by atoms with E-state index >= 15 is 0 Å². The molecule has 1 rings (SSSR count). The summed E-state index contributed by atoms with van der Waals surface area (Å²) in [6.45, 7) is 2.66. The number of hydrogen-bond acceptors (Lipinski definition) is 6. The molecule has 1 aromatic heterocycles. The van der Waals surface area contributed by atoms with E-state index in [9.17, 15) is 4.79 Å². The van der Waals surface area contributed by atoms with E-state index in [-0.39, 0.29) is 6.01 Å². The Labute approximate surface area is 63.3 Å². The summed E-state index contributed by atoms with van der Waals surface area (Å²) in [5.41, 5.74) is 4.94. The van der Waals surface area contributed by atoms with E-state index in [4.69, 9.17) is 5.73 Å². The summed E-state index contributed by atoms with van der Waals surface area (Å²) in [6.07, 6.45) is 1.18. The molecule has 0 aromatic carbocycles. The minimum Gasteiger partial charge on any atom is -0.468 e. The molecule has 6 heteroatoms. The summed E-state index contributed by atoms with van der Waals surface area (Å²) in [5.74, 6) is 0. The van der Waals surface area contributed by atoms with Crippen LogP contribution in [0.1, 0.15) is 6.92 Å². The van der Waals surface area contributed by atoms with Crippen LogP contribution in [0.4, 0.5) is 6.01 Å². The molecule has 0 radical (unpaired) electrons. The van der Waals surface area contributed by atoms with E-state index in [1.165, 1.54) is 6.39 Å². The van der Waals surface area contributed by atoms with Crippen LogP contribution >= 0.6 is 0 Å². The van der Waals surface area contributed by atoms with Crippen molar-refractivity contribution in [1.29, 1.82) is 0 Å². The molecular formula is C5H9N3O3. The number of anilines is 1. The zero-order valence-electron chi connectivity index (χ0n) is 6.06. The van der Waals surface area contributed by atoms with Gasteiger partial charge in [-0.15, -0.1) is 5.10 Å². The Balaban J connectivity index is 0.000000187. The maximum absolute atomic E-state index is 9.18. The largest absolute Gasteiger partial charge is 0.468 e. The molecule has 0 saturated carbocycles. The number of carbonyl (C=O) groups excluding carboxylic acids is 1. The van der Waals surface area contributed by atoms with Gasteiger partial charge in [-0.2, -0.15) is 0 Å². The Kier molecular flexibility index (Phi) is 5.59. The van der Waals surface area contributed by atoms with Crippen LogP contribution in [-0.2, 0) is 9.53 Å². The Bertz CT molecular complexity index is 175. The number of nitrogens with zero attached hydrogens (tertiary/aromatic N) is 2. The van der Waals surface area contributed by atoms with Gasteiger partial charge >= 0.3 is 6.01 Å². The summed E-state index contributed by atoms with van der Waals surface area (Å²) >= 11 is 0. The molecule has 0 aliphatic heterocycles. The molecule has 1 heterocycles. The van der Waals surface area contributed by atoms with E-state index < -0.39 is 0 Å². The first-order valence-corrected chi connectivity index (χ1v) is 2.88. The first kappa shape index (κ1) is 9.41. The number of aromatic nitrogens is 2. The van der Waals surface area contributed by atoms with Gasteiger partial charge in [0.15, 0.2) is 0 Å². The average molecular weight is 159 g/mol. The van der Waals surface area contributed by atoms with Gasteiger partial charge in [-0.25, -0.2) is 0 Å². The second-order valence-corrected chi connectivity index (χ2v) is 1.33. The van der Waals surface area contributed by atoms with Gasteiger partial charge < -0.3 is 14.9 Å². The maximum Gasteiger partial charge on any atom is 0.312 e. The summed E-state index contributed by atoms with van der Waals surface area (Å²) in [4.78, 5) is 9.18. The van der Waals surface area contributed by atoms with E-state index in [1.54, 1.807) is 6.92 Å². The number of nitrogens with two attached hydrogens (primary N) is 1. The van der Waals surface area contributed by atoms with Crippen LogP contribution in [-0.4, -0.2) is 23.3 Å². The molecule has 0 aliphatic carbocycles. The Hall–Kier alpha value is -1.59. The van der Waals surface area contributed by atoms with Crippen molar-refractivity contribution in [2.45, 2.75) is 6.92 Å². The third-order valence-corrected chi connectivity index (χ3v) is 0.612. The molecule has 0 saturated heterocycles. The standard InChI is InChI=1S/C3H6O2.C2H3N3O/c1-2-5-3-4;3-2-5-4-1-6-2/h3H,2H2,1H3;1H,(H2,3,5). The second kappa shape index (κ2) is 6.53. The lowest BCUT2D eigenvalue weighted by molar-refractivity contribution is -0.128. The van der Waals surface area contributed by atoms with Crippen molar-refractivity contribution in [3.05, 3.63) is 6.39 Å². The van der Waals surface area contributed by atoms with Crippen LogP contribution in [0.15, 0.2) is 10.8 Å². The van der Waals surface area contributed by atoms with Crippen LogP contribution in [0.25, 0.3) is 0 Å². The van der Waals surface area contributed by atoms with Gasteiger partial charge in [0, 0.05) is 0 Å². The third kappa shape index (κ3) is 6.29. The van der Waals surface area contributed by atoms with Gasteiger partial charge in [0.1, 0.15) is 0 Å². The number of carbonyl (C=O) groups is 1. The molecule has 0 bridgehead atoms. The van der Waals surface area contributed by atoms with Crippen molar-refractivity contribution < 1.29 is 13.9 Å². The van der Waals surface area contributed by atoms with Gasteiger partial charge in [-0.3, -0.25) is 4.79 Å². The Morgan fingerprint density at radius 3 is 2.73 bits per heavy atom. The first-order valence-electron chi connectivity index (χ1n) is 2.88. The lowest BCUT2D eigenvalue weighted by Crippen LogP contribution is -1.81. The zero-order chi connectivity index (χ0) is 8.53. The van der Waals surface area contributed by atoms with Crippen molar-refractivity contribution in [3.63, 3.8) is 0 Å². The molecule has 0 atom stereocenters. The van der Waals surface area contributed by atoms with Gasteiger partial charge in [0.25, 0.3) is 6.47 Å². The molecule has 62 valence electrons. The Morgan fingerprint density at radius 2 is 2.64 bits per heavy atom. The minimum atomic E-state index is 0.106. The molecule has 0 aliphatic rings. The van der Waals surface area contributed by atoms with Gasteiger partial charge in [-0.05, 0) is 6.92 Å². The summed E-state index contributed by atoms with van der Waals surface area (Å²) in [5, 5.41) is 6.56. The first-order chi connectivity index (χ1) is 5.31. The van der Waals surface area contributed by atoms with Crippen molar-refractivity contribution >= 4 is 12.5 Å². The molecular weight excluding hydrogens is 150 g/mol. The number of ether oxygens (including phenoxy) is 1. The second-order valence-electron chi connectivity index (χ2n) is 1.33. The number of rotatable bonds is 2. The lowest BCUT2D eigenvalue weighted by Gasteiger charge is -1.79. The lowest BCUT2D eigenvalue weighted by atomic mass is 10.9. The van der Waals surface area contributed by atoms with E-state index in [0.29, 0.717) is 13.1 Å². The smallest absolute Gasteiger partial charge is 0.312 e. The third-order valence-electron chi connectivity index (χ3n) is 0.612. The molecule has 11 heavy (non-hydrogen) atoms. The van der Waals surface area contributed by atoms with E-state index in [0.717, 1.165) is 0 Å². The average Bonchev–Trinajstić information content (AvgIpc) is 2.43. The highest BCUT2D eigenvalue weighted by molar-refractivity contribution is 5.36. The van der Waals surface area contributed by atoms with Crippen LogP contribution < -0.4 is 5.73 Å². The van der Waals surface area contributed by atoms with Crippen LogP contribution in [0.3, 0.4) is 0 Å². The Morgan fingerprint density at radius 1 is 1.91 bits per heavy atom. The highest BCUT2D eigenvalue weighted by atomic mass is 16.5. The quantitative estimate of drug-likeness (QED) is 0.602. The molecule has 0 spiro atoms.